The van der Waals surface area contributed by atoms with Crippen LogP contribution in [0.2, 0.25) is 0 Å². The topological polar surface area (TPSA) is 56.8 Å². The van der Waals surface area contributed by atoms with Gasteiger partial charge in [0.15, 0.2) is 0 Å². The van der Waals surface area contributed by atoms with E-state index in [1.165, 1.54) is 0 Å². The van der Waals surface area contributed by atoms with Crippen LogP contribution in [0.4, 0.5) is 10.5 Å². The molecule has 1 aromatic rings. The first kappa shape index (κ1) is 14.2. The summed E-state index contributed by atoms with van der Waals surface area (Å²) in [5, 5.41) is 2.63. The second-order valence-electron chi connectivity index (χ2n) is 3.72. The van der Waals surface area contributed by atoms with E-state index < -0.39 is 6.09 Å². The number of unbranched alkanes of at least 4 members (excludes halogenated alkanes) is 1. The van der Waals surface area contributed by atoms with Crippen LogP contribution in [0.5, 0.6) is 11.5 Å². The lowest BCUT2D eigenvalue weighted by molar-refractivity contribution is 0.160. The van der Waals surface area contributed by atoms with E-state index in [-0.39, 0.29) is 0 Å². The van der Waals surface area contributed by atoms with Crippen LogP contribution in [-0.4, -0.2) is 26.9 Å². The zero-order valence-corrected chi connectivity index (χ0v) is 11.0. The number of rotatable bonds is 6. The van der Waals surface area contributed by atoms with Crippen LogP contribution < -0.4 is 14.8 Å². The van der Waals surface area contributed by atoms with Crippen LogP contribution in [0.15, 0.2) is 18.2 Å². The lowest BCUT2D eigenvalue weighted by Gasteiger charge is -2.10. The molecule has 0 saturated heterocycles. The van der Waals surface area contributed by atoms with Gasteiger partial charge in [0.2, 0.25) is 0 Å². The molecule has 0 unspecified atom stereocenters. The molecule has 0 saturated carbocycles. The Hall–Kier alpha value is -1.91. The van der Waals surface area contributed by atoms with Crippen molar-refractivity contribution >= 4 is 11.8 Å². The number of nitrogens with one attached hydrogen (secondary N) is 1. The number of anilines is 1. The van der Waals surface area contributed by atoms with Crippen LogP contribution in [0.25, 0.3) is 0 Å². The van der Waals surface area contributed by atoms with E-state index in [1.807, 2.05) is 6.92 Å². The fourth-order valence-corrected chi connectivity index (χ4v) is 1.34. The van der Waals surface area contributed by atoms with Gasteiger partial charge in [-0.2, -0.15) is 0 Å². The van der Waals surface area contributed by atoms with Crippen LogP contribution in [0.1, 0.15) is 19.8 Å². The SMILES string of the molecule is CCCCOC(=O)Nc1cc(OC)cc(OC)c1. The monoisotopic (exact) mass is 253 g/mol. The summed E-state index contributed by atoms with van der Waals surface area (Å²) in [4.78, 5) is 11.5. The van der Waals surface area contributed by atoms with Gasteiger partial charge in [-0.3, -0.25) is 5.32 Å². The molecule has 0 aromatic heterocycles. The van der Waals surface area contributed by atoms with E-state index in [1.54, 1.807) is 32.4 Å². The largest absolute Gasteiger partial charge is 0.497 e. The molecule has 1 amide bonds. The van der Waals surface area contributed by atoms with E-state index in [0.717, 1.165) is 12.8 Å². The predicted molar refractivity (Wildman–Crippen MR) is 69.4 cm³/mol. The van der Waals surface area contributed by atoms with Crippen LogP contribution >= 0.6 is 0 Å². The summed E-state index contributed by atoms with van der Waals surface area (Å²) in [5.41, 5.74) is 0.577. The molecule has 0 aliphatic carbocycles. The number of methoxy groups -OCH3 is 2. The van der Waals surface area contributed by atoms with Crippen molar-refractivity contribution < 1.29 is 19.0 Å². The zero-order chi connectivity index (χ0) is 13.4. The van der Waals surface area contributed by atoms with Gasteiger partial charge in [-0.1, -0.05) is 13.3 Å². The summed E-state index contributed by atoms with van der Waals surface area (Å²) >= 11 is 0. The summed E-state index contributed by atoms with van der Waals surface area (Å²) in [7, 11) is 3.11. The molecule has 0 aliphatic heterocycles. The van der Waals surface area contributed by atoms with Crippen LogP contribution in [-0.2, 0) is 4.74 Å². The molecule has 18 heavy (non-hydrogen) atoms. The third-order valence-electron chi connectivity index (χ3n) is 2.33. The van der Waals surface area contributed by atoms with Crippen molar-refractivity contribution in [3.63, 3.8) is 0 Å². The Morgan fingerprint density at radius 3 is 2.28 bits per heavy atom. The minimum atomic E-state index is -0.473. The van der Waals surface area contributed by atoms with Crippen LogP contribution in [0.3, 0.4) is 0 Å². The molecule has 0 heterocycles. The molecular weight excluding hydrogens is 234 g/mol. The molecule has 0 spiro atoms. The van der Waals surface area contributed by atoms with E-state index in [4.69, 9.17) is 14.2 Å². The third-order valence-corrected chi connectivity index (χ3v) is 2.33. The highest BCUT2D eigenvalue weighted by molar-refractivity contribution is 5.85. The highest BCUT2D eigenvalue weighted by Crippen LogP contribution is 2.25. The second kappa shape index (κ2) is 7.42. The minimum Gasteiger partial charge on any atom is -0.497 e. The van der Waals surface area contributed by atoms with E-state index in [2.05, 4.69) is 5.32 Å². The molecule has 100 valence electrons. The third kappa shape index (κ3) is 4.53. The predicted octanol–water partition coefficient (Wildman–Crippen LogP) is 3.05. The fourth-order valence-electron chi connectivity index (χ4n) is 1.34. The number of benzene rings is 1. The van der Waals surface area contributed by atoms with Gasteiger partial charge in [-0.05, 0) is 6.42 Å². The lowest BCUT2D eigenvalue weighted by Crippen LogP contribution is -2.14. The summed E-state index contributed by atoms with van der Waals surface area (Å²) in [6.45, 7) is 2.46. The molecule has 1 N–H and O–H groups in total. The summed E-state index contributed by atoms with van der Waals surface area (Å²) in [6.07, 6.45) is 1.37. The van der Waals surface area contributed by atoms with E-state index >= 15 is 0 Å². The van der Waals surface area contributed by atoms with Crippen molar-refractivity contribution in [2.45, 2.75) is 19.8 Å². The standard InChI is InChI=1S/C13H19NO4/c1-4-5-6-18-13(15)14-10-7-11(16-2)9-12(8-10)17-3/h7-9H,4-6H2,1-3H3,(H,14,15). The maximum Gasteiger partial charge on any atom is 0.411 e. The van der Waals surface area contributed by atoms with Gasteiger partial charge in [0.1, 0.15) is 11.5 Å². The summed E-state index contributed by atoms with van der Waals surface area (Å²) in [5.74, 6) is 1.22. The van der Waals surface area contributed by atoms with Gasteiger partial charge >= 0.3 is 6.09 Å². The first-order valence-corrected chi connectivity index (χ1v) is 5.86. The van der Waals surface area contributed by atoms with Crippen molar-refractivity contribution in [1.29, 1.82) is 0 Å². The number of carbonyl (C=O) groups excluding carboxylic acids is 1. The van der Waals surface area contributed by atoms with Crippen LogP contribution in [0, 0.1) is 0 Å². The first-order chi connectivity index (χ1) is 8.69. The fraction of sp³-hybridized carbons (Fsp3) is 0.462. The van der Waals surface area contributed by atoms with E-state index in [0.29, 0.717) is 23.8 Å². The van der Waals surface area contributed by atoms with Crippen molar-refractivity contribution in [2.24, 2.45) is 0 Å². The van der Waals surface area contributed by atoms with Crippen molar-refractivity contribution in [3.8, 4) is 11.5 Å². The summed E-state index contributed by atoms with van der Waals surface area (Å²) in [6, 6.07) is 5.13. The van der Waals surface area contributed by atoms with E-state index in [9.17, 15) is 4.79 Å². The molecular formula is C13H19NO4. The van der Waals surface area contributed by atoms with Gasteiger partial charge in [-0.15, -0.1) is 0 Å². The minimum absolute atomic E-state index is 0.420. The number of ether oxygens (including phenoxy) is 3. The normalized spacial score (nSPS) is 9.72. The summed E-state index contributed by atoms with van der Waals surface area (Å²) < 4.78 is 15.2. The smallest absolute Gasteiger partial charge is 0.411 e. The molecule has 5 nitrogen and oxygen atoms in total. The Morgan fingerprint density at radius 2 is 1.78 bits per heavy atom. The second-order valence-corrected chi connectivity index (χ2v) is 3.72. The Balaban J connectivity index is 2.62. The number of amides is 1. The number of carbonyl (C=O) groups is 1. The van der Waals surface area contributed by atoms with Gasteiger partial charge in [0.05, 0.1) is 26.5 Å². The molecule has 0 fully saturated rings. The van der Waals surface area contributed by atoms with Crippen molar-refractivity contribution in [2.75, 3.05) is 26.1 Å². The maximum atomic E-state index is 11.5. The molecule has 5 heteroatoms. The molecule has 0 aliphatic rings. The Kier molecular flexibility index (Phi) is 5.84. The number of hydrogen-bond donors (Lipinski definition) is 1. The lowest BCUT2D eigenvalue weighted by atomic mass is 10.3. The zero-order valence-electron chi connectivity index (χ0n) is 11.0. The molecule has 1 rings (SSSR count). The average molecular weight is 253 g/mol. The highest BCUT2D eigenvalue weighted by Gasteiger charge is 2.06. The molecule has 1 aromatic carbocycles. The molecule has 0 bridgehead atoms. The Morgan fingerprint density at radius 1 is 1.17 bits per heavy atom. The quantitative estimate of drug-likeness (QED) is 0.792. The van der Waals surface area contributed by atoms with Crippen molar-refractivity contribution in [3.05, 3.63) is 18.2 Å². The molecule has 0 atom stereocenters. The van der Waals surface area contributed by atoms with Gasteiger partial charge in [0, 0.05) is 18.2 Å². The molecule has 0 radical (unpaired) electrons. The van der Waals surface area contributed by atoms with Crippen molar-refractivity contribution in [1.82, 2.24) is 0 Å². The number of hydrogen-bond acceptors (Lipinski definition) is 4. The van der Waals surface area contributed by atoms with Gasteiger partial charge in [0.25, 0.3) is 0 Å². The highest BCUT2D eigenvalue weighted by atomic mass is 16.5. The Labute approximate surface area is 107 Å². The first-order valence-electron chi connectivity index (χ1n) is 5.86. The van der Waals surface area contributed by atoms with Gasteiger partial charge in [-0.25, -0.2) is 4.79 Å². The average Bonchev–Trinajstić information content (AvgIpc) is 2.38. The maximum absolute atomic E-state index is 11.5. The Bertz CT molecular complexity index is 370. The van der Waals surface area contributed by atoms with Gasteiger partial charge < -0.3 is 14.2 Å².